The standard InChI is InChI=1S/C21H26ClN3O2S/c1-5-25(6-2)16-9-10-18(14(4)12-16)23-21(28)24-20(26)15-8-11-19(27-7-3)17(22)13-15/h8-13H,5-7H2,1-4H3,(H2,23,24,26,28). The van der Waals surface area contributed by atoms with Crippen LogP contribution in [0.5, 0.6) is 5.75 Å². The maximum absolute atomic E-state index is 12.4. The van der Waals surface area contributed by atoms with Crippen molar-refractivity contribution in [2.24, 2.45) is 0 Å². The monoisotopic (exact) mass is 419 g/mol. The van der Waals surface area contributed by atoms with Crippen molar-refractivity contribution in [1.82, 2.24) is 5.32 Å². The molecule has 28 heavy (non-hydrogen) atoms. The van der Waals surface area contributed by atoms with Crippen molar-refractivity contribution in [3.8, 4) is 5.75 Å². The number of ether oxygens (including phenoxy) is 1. The fourth-order valence-corrected chi connectivity index (χ4v) is 3.25. The van der Waals surface area contributed by atoms with Gasteiger partial charge in [0.25, 0.3) is 5.91 Å². The molecule has 7 heteroatoms. The van der Waals surface area contributed by atoms with E-state index in [-0.39, 0.29) is 11.0 Å². The van der Waals surface area contributed by atoms with Crippen LogP contribution in [0.1, 0.15) is 36.7 Å². The second-order valence-electron chi connectivity index (χ2n) is 6.16. The van der Waals surface area contributed by atoms with Crippen LogP contribution in [0.4, 0.5) is 11.4 Å². The predicted molar refractivity (Wildman–Crippen MR) is 121 cm³/mol. The minimum absolute atomic E-state index is 0.230. The molecule has 0 radical (unpaired) electrons. The van der Waals surface area contributed by atoms with Crippen LogP contribution in [0.2, 0.25) is 5.02 Å². The van der Waals surface area contributed by atoms with E-state index in [1.165, 1.54) is 0 Å². The third-order valence-electron chi connectivity index (χ3n) is 4.31. The highest BCUT2D eigenvalue weighted by atomic mass is 35.5. The minimum atomic E-state index is -0.333. The van der Waals surface area contributed by atoms with E-state index in [1.54, 1.807) is 18.2 Å². The number of anilines is 2. The first-order valence-electron chi connectivity index (χ1n) is 9.29. The Morgan fingerprint density at radius 3 is 2.43 bits per heavy atom. The van der Waals surface area contributed by atoms with Gasteiger partial charge in [-0.3, -0.25) is 10.1 Å². The Morgan fingerprint density at radius 2 is 1.86 bits per heavy atom. The molecule has 0 heterocycles. The predicted octanol–water partition coefficient (Wildman–Crippen LogP) is 5.02. The Bertz CT molecular complexity index is 854. The smallest absolute Gasteiger partial charge is 0.257 e. The molecule has 0 aromatic heterocycles. The summed E-state index contributed by atoms with van der Waals surface area (Å²) in [6, 6.07) is 11.0. The largest absolute Gasteiger partial charge is 0.492 e. The average Bonchev–Trinajstić information content (AvgIpc) is 2.66. The summed E-state index contributed by atoms with van der Waals surface area (Å²) in [6.45, 7) is 10.5. The molecule has 0 atom stereocenters. The van der Waals surface area contributed by atoms with Gasteiger partial charge in [0.2, 0.25) is 0 Å². The van der Waals surface area contributed by atoms with Crippen molar-refractivity contribution in [3.05, 3.63) is 52.5 Å². The van der Waals surface area contributed by atoms with Crippen LogP contribution in [0.3, 0.4) is 0 Å². The van der Waals surface area contributed by atoms with Crippen LogP contribution in [0.15, 0.2) is 36.4 Å². The molecule has 2 aromatic carbocycles. The molecule has 2 rings (SSSR count). The van der Waals surface area contributed by atoms with Gasteiger partial charge in [0.1, 0.15) is 5.75 Å². The lowest BCUT2D eigenvalue weighted by Crippen LogP contribution is -2.34. The Kier molecular flexibility index (Phi) is 8.08. The van der Waals surface area contributed by atoms with Gasteiger partial charge in [-0.2, -0.15) is 0 Å². The lowest BCUT2D eigenvalue weighted by Gasteiger charge is -2.22. The van der Waals surface area contributed by atoms with Gasteiger partial charge in [-0.1, -0.05) is 11.6 Å². The van der Waals surface area contributed by atoms with Crippen LogP contribution in [0.25, 0.3) is 0 Å². The molecule has 0 spiro atoms. The highest BCUT2D eigenvalue weighted by molar-refractivity contribution is 7.80. The molecule has 0 aliphatic carbocycles. The molecule has 0 aliphatic heterocycles. The van der Waals surface area contributed by atoms with E-state index >= 15 is 0 Å². The van der Waals surface area contributed by atoms with E-state index in [0.29, 0.717) is 22.9 Å². The fourth-order valence-electron chi connectivity index (χ4n) is 2.82. The highest BCUT2D eigenvalue weighted by Crippen LogP contribution is 2.25. The van der Waals surface area contributed by atoms with Crippen LogP contribution in [-0.4, -0.2) is 30.7 Å². The highest BCUT2D eigenvalue weighted by Gasteiger charge is 2.12. The van der Waals surface area contributed by atoms with Gasteiger partial charge in [0, 0.05) is 30.0 Å². The van der Waals surface area contributed by atoms with Crippen LogP contribution >= 0.6 is 23.8 Å². The molecule has 1 amide bonds. The summed E-state index contributed by atoms with van der Waals surface area (Å²) >= 11 is 11.4. The molecule has 0 saturated heterocycles. The summed E-state index contributed by atoms with van der Waals surface area (Å²) in [5.41, 5.74) is 3.47. The number of thiocarbonyl (C=S) groups is 1. The summed E-state index contributed by atoms with van der Waals surface area (Å²) < 4.78 is 5.38. The number of carbonyl (C=O) groups excluding carboxylic acids is 1. The zero-order chi connectivity index (χ0) is 20.7. The number of hydrogen-bond donors (Lipinski definition) is 2. The first-order chi connectivity index (χ1) is 13.4. The zero-order valence-corrected chi connectivity index (χ0v) is 18.2. The van der Waals surface area contributed by atoms with Gasteiger partial charge < -0.3 is 15.0 Å². The number of hydrogen-bond acceptors (Lipinski definition) is 4. The minimum Gasteiger partial charge on any atom is -0.492 e. The third-order valence-corrected chi connectivity index (χ3v) is 4.81. The summed E-state index contributed by atoms with van der Waals surface area (Å²) in [5.74, 6) is 0.213. The molecular weight excluding hydrogens is 394 g/mol. The SMILES string of the molecule is CCOc1ccc(C(=O)NC(=S)Nc2ccc(N(CC)CC)cc2C)cc1Cl. The number of benzene rings is 2. The Hall–Kier alpha value is -2.31. The van der Waals surface area contributed by atoms with Crippen molar-refractivity contribution in [1.29, 1.82) is 0 Å². The molecule has 2 N–H and O–H groups in total. The molecular formula is C21H26ClN3O2S. The number of aryl methyl sites for hydroxylation is 1. The normalized spacial score (nSPS) is 10.3. The van der Waals surface area contributed by atoms with Crippen molar-refractivity contribution in [3.63, 3.8) is 0 Å². The van der Waals surface area contributed by atoms with E-state index in [9.17, 15) is 4.79 Å². The second-order valence-corrected chi connectivity index (χ2v) is 6.97. The Balaban J connectivity index is 2.03. The lowest BCUT2D eigenvalue weighted by molar-refractivity contribution is 0.0977. The topological polar surface area (TPSA) is 53.6 Å². The van der Waals surface area contributed by atoms with E-state index in [0.717, 1.165) is 30.0 Å². The van der Waals surface area contributed by atoms with Crippen LogP contribution in [-0.2, 0) is 0 Å². The molecule has 2 aromatic rings. The number of nitrogens with one attached hydrogen (secondary N) is 2. The lowest BCUT2D eigenvalue weighted by atomic mass is 10.1. The van der Waals surface area contributed by atoms with Gasteiger partial charge in [0.05, 0.1) is 11.6 Å². The fraction of sp³-hybridized carbons (Fsp3) is 0.333. The maximum atomic E-state index is 12.4. The number of halogens is 1. The van der Waals surface area contributed by atoms with Crippen molar-refractivity contribution >= 4 is 46.2 Å². The van der Waals surface area contributed by atoms with Crippen molar-refractivity contribution < 1.29 is 9.53 Å². The van der Waals surface area contributed by atoms with Crippen molar-refractivity contribution in [2.75, 3.05) is 29.9 Å². The van der Waals surface area contributed by atoms with Gasteiger partial charge in [-0.15, -0.1) is 0 Å². The molecule has 0 saturated carbocycles. The number of carbonyl (C=O) groups is 1. The quantitative estimate of drug-likeness (QED) is 0.617. The van der Waals surface area contributed by atoms with Gasteiger partial charge in [0.15, 0.2) is 5.11 Å². The van der Waals surface area contributed by atoms with E-state index in [1.807, 2.05) is 26.0 Å². The number of rotatable bonds is 7. The van der Waals surface area contributed by atoms with Crippen LogP contribution in [0, 0.1) is 6.92 Å². The van der Waals surface area contributed by atoms with E-state index in [4.69, 9.17) is 28.6 Å². The first-order valence-corrected chi connectivity index (χ1v) is 10.1. The molecule has 0 bridgehead atoms. The van der Waals surface area contributed by atoms with Crippen molar-refractivity contribution in [2.45, 2.75) is 27.7 Å². The average molecular weight is 420 g/mol. The summed E-state index contributed by atoms with van der Waals surface area (Å²) in [7, 11) is 0. The summed E-state index contributed by atoms with van der Waals surface area (Å²) in [5, 5.41) is 6.38. The van der Waals surface area contributed by atoms with E-state index < -0.39 is 0 Å². The molecule has 0 fully saturated rings. The summed E-state index contributed by atoms with van der Waals surface area (Å²) in [4.78, 5) is 14.7. The molecule has 0 aliphatic rings. The molecule has 0 unspecified atom stereocenters. The molecule has 150 valence electrons. The number of nitrogens with zero attached hydrogens (tertiary/aromatic N) is 1. The Labute approximate surface area is 177 Å². The number of amides is 1. The first kappa shape index (κ1) is 22.0. The third kappa shape index (κ3) is 5.59. The van der Waals surface area contributed by atoms with E-state index in [2.05, 4.69) is 35.4 Å². The maximum Gasteiger partial charge on any atom is 0.257 e. The second kappa shape index (κ2) is 10.3. The summed E-state index contributed by atoms with van der Waals surface area (Å²) in [6.07, 6.45) is 0. The molecule has 5 nitrogen and oxygen atoms in total. The Morgan fingerprint density at radius 1 is 1.14 bits per heavy atom. The van der Waals surface area contributed by atoms with Gasteiger partial charge >= 0.3 is 0 Å². The van der Waals surface area contributed by atoms with Gasteiger partial charge in [-0.05, 0) is 81.9 Å². The zero-order valence-electron chi connectivity index (χ0n) is 16.6. The van der Waals surface area contributed by atoms with Gasteiger partial charge in [-0.25, -0.2) is 0 Å². The van der Waals surface area contributed by atoms with Crippen LogP contribution < -0.4 is 20.3 Å².